The molecule has 0 atom stereocenters. The molecular formula is C16H12FN3O. The maximum Gasteiger partial charge on any atom is 0.257 e. The van der Waals surface area contributed by atoms with Gasteiger partial charge in [-0.1, -0.05) is 12.1 Å². The Morgan fingerprint density at radius 1 is 1.19 bits per heavy atom. The summed E-state index contributed by atoms with van der Waals surface area (Å²) >= 11 is 0. The van der Waals surface area contributed by atoms with Gasteiger partial charge in [0, 0.05) is 23.5 Å². The number of pyridine rings is 1. The number of anilines is 2. The summed E-state index contributed by atoms with van der Waals surface area (Å²) in [5, 5.41) is 4.58. The zero-order chi connectivity index (χ0) is 14.8. The van der Waals surface area contributed by atoms with Crippen LogP contribution in [0.4, 0.5) is 15.8 Å². The fourth-order valence-electron chi connectivity index (χ4n) is 2.15. The summed E-state index contributed by atoms with van der Waals surface area (Å²) < 4.78 is 13.0. The number of benzene rings is 2. The molecule has 1 heterocycles. The van der Waals surface area contributed by atoms with Crippen molar-refractivity contribution < 1.29 is 9.18 Å². The van der Waals surface area contributed by atoms with Crippen LogP contribution < -0.4 is 11.1 Å². The first-order chi connectivity index (χ1) is 10.1. The minimum absolute atomic E-state index is 0.103. The number of carbonyl (C=O) groups excluding carboxylic acids is 1. The van der Waals surface area contributed by atoms with Gasteiger partial charge in [-0.2, -0.15) is 0 Å². The summed E-state index contributed by atoms with van der Waals surface area (Å²) in [7, 11) is 0. The lowest BCUT2D eigenvalue weighted by molar-refractivity contribution is 0.102. The zero-order valence-corrected chi connectivity index (χ0v) is 11.0. The predicted octanol–water partition coefficient (Wildman–Crippen LogP) is 3.21. The second kappa shape index (κ2) is 5.20. The van der Waals surface area contributed by atoms with Gasteiger partial charge in [-0.25, -0.2) is 4.39 Å². The first-order valence-electron chi connectivity index (χ1n) is 6.34. The number of nitrogen functional groups attached to an aromatic ring is 1. The van der Waals surface area contributed by atoms with E-state index in [2.05, 4.69) is 10.3 Å². The quantitative estimate of drug-likeness (QED) is 0.709. The number of aromatic nitrogens is 1. The molecule has 0 aliphatic heterocycles. The van der Waals surface area contributed by atoms with Crippen LogP contribution in [-0.4, -0.2) is 10.9 Å². The van der Waals surface area contributed by atoms with Crippen molar-refractivity contribution in [3.8, 4) is 0 Å². The van der Waals surface area contributed by atoms with Crippen molar-refractivity contribution in [2.45, 2.75) is 0 Å². The van der Waals surface area contributed by atoms with E-state index in [0.29, 0.717) is 5.69 Å². The molecular weight excluding hydrogens is 269 g/mol. The van der Waals surface area contributed by atoms with Crippen LogP contribution in [-0.2, 0) is 0 Å². The SMILES string of the molecule is Nc1cc(F)ccc1C(=O)Nc1cccc2ccncc12. The molecule has 0 saturated carbocycles. The van der Waals surface area contributed by atoms with Crippen LogP contribution in [0, 0.1) is 5.82 Å². The number of hydrogen-bond acceptors (Lipinski definition) is 3. The number of carbonyl (C=O) groups is 1. The van der Waals surface area contributed by atoms with Crippen LogP contribution in [0.2, 0.25) is 0 Å². The maximum absolute atomic E-state index is 13.0. The van der Waals surface area contributed by atoms with Gasteiger partial charge < -0.3 is 11.1 Å². The highest BCUT2D eigenvalue weighted by Gasteiger charge is 2.12. The van der Waals surface area contributed by atoms with Crippen molar-refractivity contribution in [2.24, 2.45) is 0 Å². The Balaban J connectivity index is 1.97. The highest BCUT2D eigenvalue weighted by atomic mass is 19.1. The second-order valence-corrected chi connectivity index (χ2v) is 4.59. The molecule has 0 spiro atoms. The van der Waals surface area contributed by atoms with Crippen LogP contribution >= 0.6 is 0 Å². The Labute approximate surface area is 120 Å². The average Bonchev–Trinajstić information content (AvgIpc) is 2.47. The molecule has 1 aromatic heterocycles. The van der Waals surface area contributed by atoms with Gasteiger partial charge in [-0.3, -0.25) is 9.78 Å². The first-order valence-corrected chi connectivity index (χ1v) is 6.34. The van der Waals surface area contributed by atoms with Gasteiger partial charge in [0.1, 0.15) is 5.82 Å². The summed E-state index contributed by atoms with van der Waals surface area (Å²) in [6.45, 7) is 0. The molecule has 0 fully saturated rings. The molecule has 3 rings (SSSR count). The van der Waals surface area contributed by atoms with Gasteiger partial charge in [0.15, 0.2) is 0 Å². The van der Waals surface area contributed by atoms with E-state index in [1.165, 1.54) is 12.1 Å². The molecule has 21 heavy (non-hydrogen) atoms. The molecule has 4 nitrogen and oxygen atoms in total. The molecule has 0 radical (unpaired) electrons. The number of halogens is 1. The number of nitrogens with zero attached hydrogens (tertiary/aromatic N) is 1. The van der Waals surface area contributed by atoms with Crippen LogP contribution in [0.5, 0.6) is 0 Å². The third-order valence-corrected chi connectivity index (χ3v) is 3.19. The number of nitrogens with one attached hydrogen (secondary N) is 1. The fraction of sp³-hybridized carbons (Fsp3) is 0. The molecule has 3 N–H and O–H groups in total. The van der Waals surface area contributed by atoms with Gasteiger partial charge in [0.25, 0.3) is 5.91 Å². The lowest BCUT2D eigenvalue weighted by atomic mass is 10.1. The van der Waals surface area contributed by atoms with Crippen molar-refractivity contribution in [3.05, 3.63) is 66.2 Å². The number of nitrogens with two attached hydrogens (primary N) is 1. The van der Waals surface area contributed by atoms with E-state index < -0.39 is 5.82 Å². The van der Waals surface area contributed by atoms with E-state index in [0.717, 1.165) is 16.8 Å². The van der Waals surface area contributed by atoms with Crippen LogP contribution in [0.15, 0.2) is 54.9 Å². The van der Waals surface area contributed by atoms with Gasteiger partial charge in [-0.05, 0) is 35.7 Å². The molecule has 2 aromatic carbocycles. The molecule has 0 unspecified atom stereocenters. The Morgan fingerprint density at radius 2 is 2.05 bits per heavy atom. The standard InChI is InChI=1S/C16H12FN3O/c17-11-4-5-12(14(18)8-11)16(21)20-15-3-1-2-10-6-7-19-9-13(10)15/h1-9H,18H2,(H,20,21). The average molecular weight is 281 g/mol. The van der Waals surface area contributed by atoms with Crippen molar-refractivity contribution in [3.63, 3.8) is 0 Å². The van der Waals surface area contributed by atoms with Crippen molar-refractivity contribution >= 4 is 28.1 Å². The van der Waals surface area contributed by atoms with Gasteiger partial charge >= 0.3 is 0 Å². The number of amides is 1. The van der Waals surface area contributed by atoms with E-state index in [1.807, 2.05) is 18.2 Å². The zero-order valence-electron chi connectivity index (χ0n) is 11.0. The fourth-order valence-corrected chi connectivity index (χ4v) is 2.15. The minimum Gasteiger partial charge on any atom is -0.398 e. The summed E-state index contributed by atoms with van der Waals surface area (Å²) in [6, 6.07) is 11.1. The van der Waals surface area contributed by atoms with Gasteiger partial charge in [0.2, 0.25) is 0 Å². The molecule has 1 amide bonds. The van der Waals surface area contributed by atoms with Gasteiger partial charge in [0.05, 0.1) is 11.3 Å². The summed E-state index contributed by atoms with van der Waals surface area (Å²) in [6.07, 6.45) is 3.37. The molecule has 0 aliphatic carbocycles. The smallest absolute Gasteiger partial charge is 0.257 e. The maximum atomic E-state index is 13.0. The number of fused-ring (bicyclic) bond motifs is 1. The summed E-state index contributed by atoms with van der Waals surface area (Å²) in [4.78, 5) is 16.3. The molecule has 5 heteroatoms. The molecule has 0 saturated heterocycles. The molecule has 0 aliphatic rings. The van der Waals surface area contributed by atoms with E-state index >= 15 is 0 Å². The lowest BCUT2D eigenvalue weighted by Gasteiger charge is -2.10. The third kappa shape index (κ3) is 2.53. The van der Waals surface area contributed by atoms with Crippen LogP contribution in [0.1, 0.15) is 10.4 Å². The Kier molecular flexibility index (Phi) is 3.23. The third-order valence-electron chi connectivity index (χ3n) is 3.19. The number of rotatable bonds is 2. The topological polar surface area (TPSA) is 68.0 Å². The monoisotopic (exact) mass is 281 g/mol. The molecule has 104 valence electrons. The Morgan fingerprint density at radius 3 is 2.86 bits per heavy atom. The van der Waals surface area contributed by atoms with E-state index in [9.17, 15) is 9.18 Å². The summed E-state index contributed by atoms with van der Waals surface area (Å²) in [5.74, 6) is -0.859. The Bertz CT molecular complexity index is 827. The van der Waals surface area contributed by atoms with E-state index in [1.54, 1.807) is 18.5 Å². The Hall–Kier alpha value is -2.95. The van der Waals surface area contributed by atoms with Crippen molar-refractivity contribution in [1.29, 1.82) is 0 Å². The molecule has 3 aromatic rings. The number of hydrogen-bond donors (Lipinski definition) is 2. The second-order valence-electron chi connectivity index (χ2n) is 4.59. The van der Waals surface area contributed by atoms with E-state index in [-0.39, 0.29) is 17.2 Å². The predicted molar refractivity (Wildman–Crippen MR) is 80.5 cm³/mol. The van der Waals surface area contributed by atoms with Crippen LogP contribution in [0.3, 0.4) is 0 Å². The van der Waals surface area contributed by atoms with Crippen molar-refractivity contribution in [1.82, 2.24) is 4.98 Å². The van der Waals surface area contributed by atoms with Gasteiger partial charge in [-0.15, -0.1) is 0 Å². The highest BCUT2D eigenvalue weighted by Crippen LogP contribution is 2.23. The summed E-state index contributed by atoms with van der Waals surface area (Å²) in [5.41, 5.74) is 6.65. The highest BCUT2D eigenvalue weighted by molar-refractivity contribution is 6.11. The normalized spacial score (nSPS) is 10.5. The largest absolute Gasteiger partial charge is 0.398 e. The first kappa shape index (κ1) is 13.1. The lowest BCUT2D eigenvalue weighted by Crippen LogP contribution is -2.14. The van der Waals surface area contributed by atoms with E-state index in [4.69, 9.17) is 5.73 Å². The minimum atomic E-state index is -0.474. The van der Waals surface area contributed by atoms with Crippen molar-refractivity contribution in [2.75, 3.05) is 11.1 Å². The van der Waals surface area contributed by atoms with Crippen LogP contribution in [0.25, 0.3) is 10.8 Å². The molecule has 0 bridgehead atoms.